The Kier molecular flexibility index (Phi) is 9.91. The highest BCUT2D eigenvalue weighted by Gasteiger charge is 2.21. The van der Waals surface area contributed by atoms with Gasteiger partial charge in [-0.15, -0.1) is 24.0 Å². The largest absolute Gasteiger partial charge is 0.355 e. The van der Waals surface area contributed by atoms with Gasteiger partial charge in [0.25, 0.3) is 0 Å². The normalized spacial score (nSPS) is 18.0. The van der Waals surface area contributed by atoms with Crippen LogP contribution in [0.4, 0.5) is 0 Å². The summed E-state index contributed by atoms with van der Waals surface area (Å²) in [4.78, 5) is 6.54. The van der Waals surface area contributed by atoms with Crippen molar-refractivity contribution in [3.05, 3.63) is 41.5 Å². The number of rotatable bonds is 7. The average molecular weight is 532 g/mol. The molecule has 3 rings (SSSR count). The van der Waals surface area contributed by atoms with Crippen molar-refractivity contribution in [2.75, 3.05) is 39.0 Å². The molecule has 1 saturated heterocycles. The highest BCUT2D eigenvalue weighted by Crippen LogP contribution is 2.25. The molecule has 2 N–H and O–H groups in total. The number of hydrogen-bond acceptors (Lipinski definition) is 3. The van der Waals surface area contributed by atoms with E-state index in [4.69, 9.17) is 0 Å². The molecule has 162 valence electrons. The molecule has 2 fully saturated rings. The van der Waals surface area contributed by atoms with E-state index in [9.17, 15) is 8.42 Å². The summed E-state index contributed by atoms with van der Waals surface area (Å²) in [6, 6.07) is 10.4. The van der Waals surface area contributed by atoms with Gasteiger partial charge >= 0.3 is 0 Å². The molecule has 1 aromatic carbocycles. The van der Waals surface area contributed by atoms with Crippen molar-refractivity contribution in [2.45, 2.75) is 32.1 Å². The minimum Gasteiger partial charge on any atom is -0.355 e. The lowest BCUT2D eigenvalue weighted by molar-refractivity contribution is 0.316. The molecule has 1 aliphatic carbocycles. The van der Waals surface area contributed by atoms with Crippen molar-refractivity contribution in [1.82, 2.24) is 14.9 Å². The molecular weight excluding hydrogens is 499 g/mol. The van der Waals surface area contributed by atoms with Crippen molar-refractivity contribution < 1.29 is 8.42 Å². The molecule has 0 unspecified atom stereocenters. The molecule has 0 aromatic heterocycles. The smallest absolute Gasteiger partial charge is 0.213 e. The van der Waals surface area contributed by atoms with E-state index in [2.05, 4.69) is 50.3 Å². The average Bonchev–Trinajstić information content (AvgIpc) is 2.65. The number of halogens is 1. The third-order valence-corrected chi connectivity index (χ3v) is 6.91. The number of hydrogen-bond donors (Lipinski definition) is 2. The van der Waals surface area contributed by atoms with E-state index in [1.165, 1.54) is 17.6 Å². The van der Waals surface area contributed by atoms with Crippen molar-refractivity contribution in [2.24, 2.45) is 10.9 Å². The Bertz CT molecular complexity index is 782. The second kappa shape index (κ2) is 11.9. The third-order valence-electron chi connectivity index (χ3n) is 5.56. The van der Waals surface area contributed by atoms with Crippen LogP contribution in [0, 0.1) is 5.92 Å². The molecule has 29 heavy (non-hydrogen) atoms. The minimum absolute atomic E-state index is 0. The van der Waals surface area contributed by atoms with Crippen LogP contribution in [0.1, 0.15) is 37.7 Å². The lowest BCUT2D eigenvalue weighted by atomic mass is 9.86. The van der Waals surface area contributed by atoms with Crippen molar-refractivity contribution in [1.29, 1.82) is 0 Å². The molecule has 0 amide bonds. The minimum atomic E-state index is -3.23. The van der Waals surface area contributed by atoms with Gasteiger partial charge in [-0.3, -0.25) is 4.99 Å². The zero-order chi connectivity index (χ0) is 19.8. The molecule has 6 nitrogen and oxygen atoms in total. The first-order valence-corrected chi connectivity index (χ1v) is 11.9. The number of likely N-dealkylation sites (tertiary alicyclic amines) is 1. The lowest BCUT2D eigenvalue weighted by Gasteiger charge is -2.31. The monoisotopic (exact) mass is 532 g/mol. The Morgan fingerprint density at radius 2 is 1.90 bits per heavy atom. The molecule has 0 bridgehead atoms. The number of aliphatic imine (C=N–C) groups is 1. The highest BCUT2D eigenvalue weighted by atomic mass is 127. The molecule has 1 aromatic rings. The number of nitrogens with zero attached hydrogens (tertiary/aromatic N) is 2. The fourth-order valence-corrected chi connectivity index (χ4v) is 4.58. The van der Waals surface area contributed by atoms with Crippen LogP contribution in [-0.4, -0.2) is 58.3 Å². The quantitative estimate of drug-likeness (QED) is 0.322. The van der Waals surface area contributed by atoms with Crippen LogP contribution >= 0.6 is 24.0 Å². The molecule has 1 saturated carbocycles. The Morgan fingerprint density at radius 1 is 1.21 bits per heavy atom. The highest BCUT2D eigenvalue weighted by molar-refractivity contribution is 14.0. The van der Waals surface area contributed by atoms with Crippen LogP contribution in [0.5, 0.6) is 0 Å². The van der Waals surface area contributed by atoms with Crippen LogP contribution in [0.25, 0.3) is 6.08 Å². The van der Waals surface area contributed by atoms with Crippen LogP contribution in [0.15, 0.2) is 40.9 Å². The SMILES string of the molecule is CN=C(NCCS(=O)(=O)NCC1CCC1)N1CCC(=Cc2ccccc2)CC1.I. The molecule has 1 aliphatic heterocycles. The van der Waals surface area contributed by atoms with Gasteiger partial charge in [-0.25, -0.2) is 13.1 Å². The summed E-state index contributed by atoms with van der Waals surface area (Å²) in [5, 5.41) is 3.21. The fourth-order valence-electron chi connectivity index (χ4n) is 3.58. The van der Waals surface area contributed by atoms with Gasteiger partial charge in [0.15, 0.2) is 5.96 Å². The second-order valence-corrected chi connectivity index (χ2v) is 9.56. The maximum absolute atomic E-state index is 12.1. The zero-order valence-electron chi connectivity index (χ0n) is 17.1. The third kappa shape index (κ3) is 7.90. The maximum atomic E-state index is 12.1. The predicted octanol–water partition coefficient (Wildman–Crippen LogP) is 3.08. The van der Waals surface area contributed by atoms with E-state index in [-0.39, 0.29) is 29.7 Å². The van der Waals surface area contributed by atoms with Crippen LogP contribution in [0.2, 0.25) is 0 Å². The van der Waals surface area contributed by atoms with Gasteiger partial charge in [0.05, 0.1) is 5.75 Å². The summed E-state index contributed by atoms with van der Waals surface area (Å²) in [7, 11) is -1.47. The Morgan fingerprint density at radius 3 is 2.48 bits per heavy atom. The van der Waals surface area contributed by atoms with Crippen molar-refractivity contribution in [3.8, 4) is 0 Å². The Balaban J connectivity index is 0.00000300. The van der Waals surface area contributed by atoms with E-state index in [1.54, 1.807) is 7.05 Å². The topological polar surface area (TPSA) is 73.8 Å². The number of nitrogens with one attached hydrogen (secondary N) is 2. The summed E-state index contributed by atoms with van der Waals surface area (Å²) < 4.78 is 27.0. The van der Waals surface area contributed by atoms with E-state index < -0.39 is 10.0 Å². The number of sulfonamides is 1. The number of benzene rings is 1. The molecule has 1 heterocycles. The van der Waals surface area contributed by atoms with Gasteiger partial charge in [0.1, 0.15) is 0 Å². The number of piperidine rings is 1. The summed E-state index contributed by atoms with van der Waals surface area (Å²) in [5.41, 5.74) is 2.69. The molecular formula is C21H33IN4O2S. The first-order valence-electron chi connectivity index (χ1n) is 10.2. The van der Waals surface area contributed by atoms with Crippen LogP contribution < -0.4 is 10.0 Å². The molecule has 8 heteroatoms. The van der Waals surface area contributed by atoms with Crippen molar-refractivity contribution >= 4 is 46.0 Å². The van der Waals surface area contributed by atoms with E-state index >= 15 is 0 Å². The standard InChI is InChI=1S/C21H32N4O2S.HI/c1-22-21(23-12-15-28(26,27)24-17-20-8-5-9-20)25-13-10-19(11-14-25)16-18-6-3-2-4-7-18;/h2-4,6-7,16,20,24H,5,8-15,17H2,1H3,(H,22,23);1H. The molecule has 2 aliphatic rings. The van der Waals surface area contributed by atoms with Gasteiger partial charge in [-0.2, -0.15) is 0 Å². The summed E-state index contributed by atoms with van der Waals surface area (Å²) in [6.07, 6.45) is 7.77. The first kappa shape index (κ1) is 24.1. The molecule has 0 radical (unpaired) electrons. The van der Waals surface area contributed by atoms with Crippen LogP contribution in [-0.2, 0) is 10.0 Å². The van der Waals surface area contributed by atoms with Gasteiger partial charge in [0, 0.05) is 33.2 Å². The van der Waals surface area contributed by atoms with Gasteiger partial charge in [-0.1, -0.05) is 48.4 Å². The van der Waals surface area contributed by atoms with Gasteiger partial charge in [0.2, 0.25) is 10.0 Å². The lowest BCUT2D eigenvalue weighted by Crippen LogP contribution is -2.46. The Labute approximate surface area is 192 Å². The predicted molar refractivity (Wildman–Crippen MR) is 131 cm³/mol. The molecule has 0 atom stereocenters. The summed E-state index contributed by atoms with van der Waals surface area (Å²) in [5.74, 6) is 1.39. The summed E-state index contributed by atoms with van der Waals surface area (Å²) >= 11 is 0. The van der Waals surface area contributed by atoms with E-state index in [0.29, 0.717) is 19.0 Å². The summed E-state index contributed by atoms with van der Waals surface area (Å²) in [6.45, 7) is 2.74. The van der Waals surface area contributed by atoms with E-state index in [1.807, 2.05) is 6.07 Å². The fraction of sp³-hybridized carbons (Fsp3) is 0.571. The second-order valence-electron chi connectivity index (χ2n) is 7.64. The molecule has 0 spiro atoms. The van der Waals surface area contributed by atoms with Crippen molar-refractivity contribution in [3.63, 3.8) is 0 Å². The Hall–Kier alpha value is -1.13. The first-order chi connectivity index (χ1) is 13.6. The maximum Gasteiger partial charge on any atom is 0.213 e. The van der Waals surface area contributed by atoms with Gasteiger partial charge in [-0.05, 0) is 37.2 Å². The number of guanidine groups is 1. The van der Waals surface area contributed by atoms with Crippen LogP contribution in [0.3, 0.4) is 0 Å². The van der Waals surface area contributed by atoms with Gasteiger partial charge < -0.3 is 10.2 Å². The van der Waals surface area contributed by atoms with E-state index in [0.717, 1.165) is 44.7 Å². The zero-order valence-corrected chi connectivity index (χ0v) is 20.3.